The summed E-state index contributed by atoms with van der Waals surface area (Å²) in [7, 11) is 0. The first kappa shape index (κ1) is 10.4. The van der Waals surface area contributed by atoms with E-state index in [1.54, 1.807) is 0 Å². The highest BCUT2D eigenvalue weighted by molar-refractivity contribution is 5.78. The summed E-state index contributed by atoms with van der Waals surface area (Å²) in [5.41, 5.74) is 5.95. The second-order valence-electron chi connectivity index (χ2n) is 5.28. The van der Waals surface area contributed by atoms with Gasteiger partial charge in [-0.2, -0.15) is 0 Å². The molecule has 0 aromatic carbocycles. The van der Waals surface area contributed by atoms with Crippen LogP contribution in [0, 0.1) is 5.92 Å². The summed E-state index contributed by atoms with van der Waals surface area (Å²) in [4.78, 5) is 13.7. The van der Waals surface area contributed by atoms with Crippen molar-refractivity contribution in [3.05, 3.63) is 0 Å². The number of aliphatic hydroxyl groups excluding tert-OH is 1. The predicted octanol–water partition coefficient (Wildman–Crippen LogP) is -0.359. The molecule has 0 radical (unpaired) electrons. The molecule has 3 fully saturated rings. The van der Waals surface area contributed by atoms with E-state index in [2.05, 4.69) is 5.32 Å². The Balaban J connectivity index is 1.93. The number of nitrogens with zero attached hydrogens (tertiary/aromatic N) is 1. The topological polar surface area (TPSA) is 78.6 Å². The third kappa shape index (κ3) is 1.34. The molecule has 5 heteroatoms. The van der Waals surface area contributed by atoms with Crippen molar-refractivity contribution in [2.45, 2.75) is 49.9 Å². The summed E-state index contributed by atoms with van der Waals surface area (Å²) in [6.45, 7) is 0.682. The quantitative estimate of drug-likeness (QED) is 0.527. The van der Waals surface area contributed by atoms with E-state index in [4.69, 9.17) is 5.73 Å². The van der Waals surface area contributed by atoms with E-state index in [-0.39, 0.29) is 30.1 Å². The molecule has 3 rings (SSSR count). The minimum atomic E-state index is -0.453. The number of hydrogen-bond acceptors (Lipinski definition) is 3. The van der Waals surface area contributed by atoms with Crippen molar-refractivity contribution in [3.8, 4) is 0 Å². The number of nitrogens with two attached hydrogens (primary N) is 1. The van der Waals surface area contributed by atoms with Gasteiger partial charge in [0, 0.05) is 18.5 Å². The molecule has 0 aromatic heterocycles. The van der Waals surface area contributed by atoms with Crippen molar-refractivity contribution in [2.24, 2.45) is 11.7 Å². The van der Waals surface area contributed by atoms with E-state index >= 15 is 0 Å². The number of hydrogen-bond donors (Lipinski definition) is 3. The van der Waals surface area contributed by atoms with Gasteiger partial charge in [-0.25, -0.2) is 4.79 Å². The van der Waals surface area contributed by atoms with Gasteiger partial charge in [0.15, 0.2) is 0 Å². The van der Waals surface area contributed by atoms with Crippen LogP contribution in [0.4, 0.5) is 4.79 Å². The maximum absolute atomic E-state index is 11.8. The number of aliphatic hydroxyl groups is 1. The van der Waals surface area contributed by atoms with Crippen molar-refractivity contribution in [3.63, 3.8) is 0 Å². The first-order valence-electron chi connectivity index (χ1n) is 6.19. The second kappa shape index (κ2) is 3.60. The zero-order chi connectivity index (χ0) is 11.3. The molecule has 1 saturated carbocycles. The van der Waals surface area contributed by atoms with Crippen LogP contribution in [0.2, 0.25) is 0 Å². The van der Waals surface area contributed by atoms with Crippen LogP contribution >= 0.6 is 0 Å². The van der Waals surface area contributed by atoms with Crippen LogP contribution in [-0.2, 0) is 0 Å². The van der Waals surface area contributed by atoms with Gasteiger partial charge >= 0.3 is 6.03 Å². The molecule has 5 atom stereocenters. The lowest BCUT2D eigenvalue weighted by molar-refractivity contribution is 0.0372. The predicted molar refractivity (Wildman–Crippen MR) is 58.8 cm³/mol. The molecule has 2 heterocycles. The van der Waals surface area contributed by atoms with Gasteiger partial charge in [-0.3, -0.25) is 0 Å². The van der Waals surface area contributed by atoms with E-state index in [0.29, 0.717) is 13.0 Å². The Labute approximate surface area is 95.0 Å². The lowest BCUT2D eigenvalue weighted by atomic mass is 9.77. The summed E-state index contributed by atoms with van der Waals surface area (Å²) in [5.74, 6) is 0.162. The summed E-state index contributed by atoms with van der Waals surface area (Å²) in [6, 6.07) is 0.251. The maximum atomic E-state index is 11.8. The fourth-order valence-electron chi connectivity index (χ4n) is 3.60. The highest BCUT2D eigenvalue weighted by Crippen LogP contribution is 2.37. The van der Waals surface area contributed by atoms with Gasteiger partial charge in [-0.15, -0.1) is 0 Å². The number of carbonyl (C=O) groups is 1. The fourth-order valence-corrected chi connectivity index (χ4v) is 3.60. The number of rotatable bonds is 0. The smallest absolute Gasteiger partial charge is 0.318 e. The Morgan fingerprint density at radius 2 is 2.19 bits per heavy atom. The monoisotopic (exact) mass is 225 g/mol. The van der Waals surface area contributed by atoms with Gasteiger partial charge in [0.2, 0.25) is 0 Å². The van der Waals surface area contributed by atoms with E-state index in [9.17, 15) is 9.90 Å². The Morgan fingerprint density at radius 3 is 3.00 bits per heavy atom. The van der Waals surface area contributed by atoms with Gasteiger partial charge in [0.25, 0.3) is 0 Å². The maximum Gasteiger partial charge on any atom is 0.318 e. The molecule has 2 saturated heterocycles. The summed E-state index contributed by atoms with van der Waals surface area (Å²) < 4.78 is 0. The van der Waals surface area contributed by atoms with Gasteiger partial charge < -0.3 is 21.1 Å². The van der Waals surface area contributed by atoms with Crippen LogP contribution in [0.5, 0.6) is 0 Å². The average Bonchev–Trinajstić information content (AvgIpc) is 2.53. The molecule has 4 N–H and O–H groups in total. The molecule has 90 valence electrons. The first-order chi connectivity index (χ1) is 7.68. The molecule has 5 nitrogen and oxygen atoms in total. The third-order valence-electron chi connectivity index (χ3n) is 4.41. The molecule has 0 bridgehead atoms. The number of urea groups is 1. The van der Waals surface area contributed by atoms with Crippen molar-refractivity contribution in [1.82, 2.24) is 10.2 Å². The Hall–Kier alpha value is -0.810. The average molecular weight is 225 g/mol. The van der Waals surface area contributed by atoms with Crippen molar-refractivity contribution < 1.29 is 9.90 Å². The largest absolute Gasteiger partial charge is 0.391 e. The molecule has 3 aliphatic rings. The van der Waals surface area contributed by atoms with Gasteiger partial charge in [0.05, 0.1) is 18.2 Å². The van der Waals surface area contributed by atoms with Crippen molar-refractivity contribution in [2.75, 3.05) is 6.54 Å². The van der Waals surface area contributed by atoms with Gasteiger partial charge in [0.1, 0.15) is 0 Å². The fraction of sp³-hybridized carbons (Fsp3) is 0.909. The van der Waals surface area contributed by atoms with Crippen molar-refractivity contribution in [1.29, 1.82) is 0 Å². The molecule has 16 heavy (non-hydrogen) atoms. The van der Waals surface area contributed by atoms with Crippen LogP contribution < -0.4 is 11.1 Å². The van der Waals surface area contributed by atoms with E-state index < -0.39 is 6.10 Å². The Morgan fingerprint density at radius 1 is 1.38 bits per heavy atom. The Bertz CT molecular complexity index is 310. The summed E-state index contributed by atoms with van der Waals surface area (Å²) >= 11 is 0. The van der Waals surface area contributed by atoms with Crippen LogP contribution in [0.25, 0.3) is 0 Å². The standard InChI is InChI=1S/C11H19N3O2/c12-7-4-5-14-9-6(10(7)15)2-1-3-8(9)13-11(14)16/h6-10,15H,1-5,12H2,(H,13,16). The molecule has 2 amide bonds. The lowest BCUT2D eigenvalue weighted by Crippen LogP contribution is -2.50. The number of nitrogens with one attached hydrogen (secondary N) is 1. The zero-order valence-electron chi connectivity index (χ0n) is 9.30. The second-order valence-corrected chi connectivity index (χ2v) is 5.28. The number of carbonyl (C=O) groups excluding carboxylic acids is 1. The summed E-state index contributed by atoms with van der Waals surface area (Å²) in [6.07, 6.45) is 3.34. The van der Waals surface area contributed by atoms with Crippen molar-refractivity contribution >= 4 is 6.03 Å². The van der Waals surface area contributed by atoms with Crippen LogP contribution in [0.3, 0.4) is 0 Å². The lowest BCUT2D eigenvalue weighted by Gasteiger charge is -2.37. The Kier molecular flexibility index (Phi) is 2.33. The molecule has 5 unspecified atom stereocenters. The third-order valence-corrected chi connectivity index (χ3v) is 4.41. The molecular formula is C11H19N3O2. The summed E-state index contributed by atoms with van der Waals surface area (Å²) in [5, 5.41) is 13.2. The molecule has 0 spiro atoms. The molecule has 0 aromatic rings. The number of amides is 2. The minimum Gasteiger partial charge on any atom is -0.391 e. The normalized spacial score (nSPS) is 47.2. The van der Waals surface area contributed by atoms with Crippen LogP contribution in [0.15, 0.2) is 0 Å². The van der Waals surface area contributed by atoms with Gasteiger partial charge in [-0.1, -0.05) is 6.42 Å². The van der Waals surface area contributed by atoms with E-state index in [1.807, 2.05) is 4.90 Å². The highest BCUT2D eigenvalue weighted by atomic mass is 16.3. The molecule has 2 aliphatic heterocycles. The highest BCUT2D eigenvalue weighted by Gasteiger charge is 2.50. The molecule has 1 aliphatic carbocycles. The van der Waals surface area contributed by atoms with Gasteiger partial charge in [-0.05, 0) is 19.3 Å². The minimum absolute atomic E-state index is 0.0307. The zero-order valence-corrected chi connectivity index (χ0v) is 9.30. The molecular weight excluding hydrogens is 206 g/mol. The first-order valence-corrected chi connectivity index (χ1v) is 6.19. The SMILES string of the molecule is NC1CCN2C(=O)NC3CCCC(C1O)C32. The van der Waals surface area contributed by atoms with E-state index in [1.165, 1.54) is 0 Å². The van der Waals surface area contributed by atoms with Crippen LogP contribution in [0.1, 0.15) is 25.7 Å². The van der Waals surface area contributed by atoms with Crippen LogP contribution in [-0.4, -0.2) is 46.8 Å². The van der Waals surface area contributed by atoms with E-state index in [0.717, 1.165) is 19.3 Å².